The second kappa shape index (κ2) is 7.48. The third kappa shape index (κ3) is 6.12. The van der Waals surface area contributed by atoms with Gasteiger partial charge in [0.15, 0.2) is 9.84 Å². The third-order valence-corrected chi connectivity index (χ3v) is 4.78. The Morgan fingerprint density at radius 3 is 2.83 bits per heavy atom. The van der Waals surface area contributed by atoms with Gasteiger partial charge in [-0.25, -0.2) is 8.42 Å². The zero-order chi connectivity index (χ0) is 13.4. The molecule has 5 heteroatoms. The molecule has 1 atom stereocenters. The number of aromatic nitrogens is 1. The quantitative estimate of drug-likeness (QED) is 0.729. The van der Waals surface area contributed by atoms with Crippen molar-refractivity contribution in [3.8, 4) is 0 Å². The average molecular weight is 270 g/mol. The summed E-state index contributed by atoms with van der Waals surface area (Å²) in [7, 11) is -2.93. The lowest BCUT2D eigenvalue weighted by Gasteiger charge is -2.10. The van der Waals surface area contributed by atoms with Crippen LogP contribution in [-0.2, 0) is 16.4 Å². The van der Waals surface area contributed by atoms with Crippen molar-refractivity contribution >= 4 is 9.84 Å². The summed E-state index contributed by atoms with van der Waals surface area (Å²) < 4.78 is 23.5. The molecule has 0 radical (unpaired) electrons. The van der Waals surface area contributed by atoms with Gasteiger partial charge in [0.2, 0.25) is 0 Å². The van der Waals surface area contributed by atoms with Crippen LogP contribution in [0.5, 0.6) is 0 Å². The molecule has 1 unspecified atom stereocenters. The molecule has 0 aliphatic carbocycles. The minimum absolute atomic E-state index is 0.206. The highest BCUT2D eigenvalue weighted by Gasteiger charge is 2.14. The monoisotopic (exact) mass is 270 g/mol. The SMILES string of the molecule is CCC(C)CS(=O)(=O)CCNCc1cccnc1. The first kappa shape index (κ1) is 15.1. The molecule has 0 aromatic carbocycles. The van der Waals surface area contributed by atoms with Gasteiger partial charge in [0.25, 0.3) is 0 Å². The highest BCUT2D eigenvalue weighted by Crippen LogP contribution is 2.05. The van der Waals surface area contributed by atoms with E-state index in [4.69, 9.17) is 0 Å². The van der Waals surface area contributed by atoms with Crippen LogP contribution in [-0.4, -0.2) is 31.5 Å². The number of hydrogen-bond donors (Lipinski definition) is 1. The maximum atomic E-state index is 11.8. The lowest BCUT2D eigenvalue weighted by molar-refractivity contribution is 0.560. The Morgan fingerprint density at radius 2 is 2.22 bits per heavy atom. The number of rotatable bonds is 8. The molecule has 0 bridgehead atoms. The first-order valence-corrected chi connectivity index (χ1v) is 8.15. The van der Waals surface area contributed by atoms with Crippen LogP contribution < -0.4 is 5.32 Å². The molecular weight excluding hydrogens is 248 g/mol. The van der Waals surface area contributed by atoms with Gasteiger partial charge < -0.3 is 5.32 Å². The second-order valence-electron chi connectivity index (χ2n) is 4.67. The van der Waals surface area contributed by atoms with E-state index in [1.54, 1.807) is 12.4 Å². The summed E-state index contributed by atoms with van der Waals surface area (Å²) in [4.78, 5) is 4.00. The van der Waals surface area contributed by atoms with Crippen molar-refractivity contribution in [3.05, 3.63) is 30.1 Å². The van der Waals surface area contributed by atoms with E-state index in [1.807, 2.05) is 26.0 Å². The molecule has 1 N–H and O–H groups in total. The van der Waals surface area contributed by atoms with Crippen LogP contribution in [0.4, 0.5) is 0 Å². The predicted molar refractivity (Wildman–Crippen MR) is 74.1 cm³/mol. The lowest BCUT2D eigenvalue weighted by atomic mass is 10.2. The maximum Gasteiger partial charge on any atom is 0.151 e. The van der Waals surface area contributed by atoms with Crippen molar-refractivity contribution in [2.45, 2.75) is 26.8 Å². The zero-order valence-corrected chi connectivity index (χ0v) is 11.9. The van der Waals surface area contributed by atoms with E-state index in [-0.39, 0.29) is 17.4 Å². The Morgan fingerprint density at radius 1 is 1.44 bits per heavy atom. The lowest BCUT2D eigenvalue weighted by Crippen LogP contribution is -2.26. The number of nitrogens with one attached hydrogen (secondary N) is 1. The molecule has 1 aromatic heterocycles. The second-order valence-corrected chi connectivity index (χ2v) is 6.89. The van der Waals surface area contributed by atoms with Crippen molar-refractivity contribution in [3.63, 3.8) is 0 Å². The van der Waals surface area contributed by atoms with Crippen molar-refractivity contribution < 1.29 is 8.42 Å². The van der Waals surface area contributed by atoms with Crippen molar-refractivity contribution in [2.24, 2.45) is 5.92 Å². The molecular formula is C13H22N2O2S. The molecule has 18 heavy (non-hydrogen) atoms. The molecule has 0 spiro atoms. The van der Waals surface area contributed by atoms with E-state index in [2.05, 4.69) is 10.3 Å². The van der Waals surface area contributed by atoms with E-state index < -0.39 is 9.84 Å². The smallest absolute Gasteiger partial charge is 0.151 e. The van der Waals surface area contributed by atoms with Crippen molar-refractivity contribution in [1.82, 2.24) is 10.3 Å². The predicted octanol–water partition coefficient (Wildman–Crippen LogP) is 1.63. The van der Waals surface area contributed by atoms with Gasteiger partial charge in [-0.05, 0) is 17.5 Å². The number of sulfone groups is 1. The fraction of sp³-hybridized carbons (Fsp3) is 0.615. The minimum Gasteiger partial charge on any atom is -0.312 e. The van der Waals surface area contributed by atoms with Crippen LogP contribution in [0.3, 0.4) is 0 Å². The summed E-state index contributed by atoms with van der Waals surface area (Å²) in [5, 5.41) is 3.13. The molecule has 1 rings (SSSR count). The van der Waals surface area contributed by atoms with Crippen LogP contribution in [0.2, 0.25) is 0 Å². The first-order chi connectivity index (χ1) is 8.53. The topological polar surface area (TPSA) is 59.1 Å². The summed E-state index contributed by atoms with van der Waals surface area (Å²) in [6.45, 7) is 5.14. The van der Waals surface area contributed by atoms with Gasteiger partial charge >= 0.3 is 0 Å². The van der Waals surface area contributed by atoms with Gasteiger partial charge in [0.1, 0.15) is 0 Å². The maximum absolute atomic E-state index is 11.8. The summed E-state index contributed by atoms with van der Waals surface area (Å²) in [5.74, 6) is 0.740. The van der Waals surface area contributed by atoms with E-state index >= 15 is 0 Å². The van der Waals surface area contributed by atoms with Crippen LogP contribution in [0.1, 0.15) is 25.8 Å². The fourth-order valence-corrected chi connectivity index (χ4v) is 3.32. The van der Waals surface area contributed by atoms with Gasteiger partial charge in [-0.15, -0.1) is 0 Å². The average Bonchev–Trinajstić information content (AvgIpc) is 2.35. The van der Waals surface area contributed by atoms with E-state index in [0.717, 1.165) is 12.0 Å². The minimum atomic E-state index is -2.93. The molecule has 0 saturated heterocycles. The van der Waals surface area contributed by atoms with Crippen LogP contribution in [0.15, 0.2) is 24.5 Å². The number of nitrogens with zero attached hydrogens (tertiary/aromatic N) is 1. The largest absolute Gasteiger partial charge is 0.312 e. The van der Waals surface area contributed by atoms with Crippen LogP contribution in [0, 0.1) is 5.92 Å². The van der Waals surface area contributed by atoms with Crippen LogP contribution >= 0.6 is 0 Å². The highest BCUT2D eigenvalue weighted by atomic mass is 32.2. The summed E-state index contributed by atoms with van der Waals surface area (Å²) in [5.41, 5.74) is 1.07. The van der Waals surface area contributed by atoms with Crippen molar-refractivity contribution in [1.29, 1.82) is 0 Å². The zero-order valence-electron chi connectivity index (χ0n) is 11.1. The third-order valence-electron chi connectivity index (χ3n) is 2.88. The molecule has 0 saturated carbocycles. The molecule has 0 amide bonds. The van der Waals surface area contributed by atoms with E-state index in [1.165, 1.54) is 0 Å². The standard InChI is InChI=1S/C13H22N2O2S/c1-3-12(2)11-18(16,17)8-7-15-10-13-5-4-6-14-9-13/h4-6,9,12,15H,3,7-8,10-11H2,1-2H3. The highest BCUT2D eigenvalue weighted by molar-refractivity contribution is 7.91. The molecule has 1 heterocycles. The first-order valence-electron chi connectivity index (χ1n) is 6.33. The normalized spacial score (nSPS) is 13.4. The van der Waals surface area contributed by atoms with Gasteiger partial charge in [-0.2, -0.15) is 0 Å². The van der Waals surface area contributed by atoms with Gasteiger partial charge in [-0.1, -0.05) is 26.3 Å². The molecule has 1 aromatic rings. The Bertz CT molecular complexity index is 432. The fourth-order valence-electron chi connectivity index (χ4n) is 1.60. The summed E-state index contributed by atoms with van der Waals surface area (Å²) in [6, 6.07) is 3.84. The Hall–Kier alpha value is -0.940. The van der Waals surface area contributed by atoms with E-state index in [0.29, 0.717) is 13.1 Å². The summed E-state index contributed by atoms with van der Waals surface area (Å²) in [6.07, 6.45) is 4.41. The molecule has 4 nitrogen and oxygen atoms in total. The van der Waals surface area contributed by atoms with Gasteiger partial charge in [-0.3, -0.25) is 4.98 Å². The van der Waals surface area contributed by atoms with Crippen LogP contribution in [0.25, 0.3) is 0 Å². The Kier molecular flexibility index (Phi) is 6.29. The van der Waals surface area contributed by atoms with Crippen molar-refractivity contribution in [2.75, 3.05) is 18.1 Å². The van der Waals surface area contributed by atoms with E-state index in [9.17, 15) is 8.42 Å². The molecule has 0 fully saturated rings. The van der Waals surface area contributed by atoms with Gasteiger partial charge in [0.05, 0.1) is 11.5 Å². The number of hydrogen-bond acceptors (Lipinski definition) is 4. The Labute approximate surface area is 110 Å². The molecule has 0 aliphatic rings. The number of pyridine rings is 1. The summed E-state index contributed by atoms with van der Waals surface area (Å²) >= 11 is 0. The Balaban J connectivity index is 2.25. The van der Waals surface area contributed by atoms with Gasteiger partial charge in [0, 0.05) is 25.5 Å². The molecule has 102 valence electrons. The molecule has 0 aliphatic heterocycles.